The fourth-order valence-corrected chi connectivity index (χ4v) is 8.81. The van der Waals surface area contributed by atoms with Crippen LogP contribution in [0, 0.1) is 0 Å². The van der Waals surface area contributed by atoms with Crippen molar-refractivity contribution in [3.8, 4) is 0 Å². The lowest BCUT2D eigenvalue weighted by atomic mass is 10.0. The Morgan fingerprint density at radius 2 is 0.734 bits per heavy atom. The standard InChI is InChI=1S/C58H111NO5/c1-3-5-7-9-11-13-15-17-18-19-20-23-27-30-34-38-42-46-50-56(61)55(54-60)59-57(62)51-47-43-39-35-31-28-24-21-22-25-29-33-37-41-45-49-53-64-58(63)52-48-44-40-36-32-26-16-14-12-10-8-6-4-2/h14,16,46,50,55-56,60-61H,3-13,15,17-45,47-49,51-54H2,1-2H3,(H,59,62)/b16-14-,50-46+. The molecule has 0 radical (unpaired) electrons. The lowest BCUT2D eigenvalue weighted by Gasteiger charge is -2.20. The maximum atomic E-state index is 12.5. The second-order valence-electron chi connectivity index (χ2n) is 19.6. The van der Waals surface area contributed by atoms with Crippen molar-refractivity contribution in [2.24, 2.45) is 0 Å². The molecule has 0 heterocycles. The van der Waals surface area contributed by atoms with Gasteiger partial charge in [0.25, 0.3) is 0 Å². The number of ether oxygens (including phenoxy) is 1. The molecule has 0 saturated carbocycles. The molecule has 64 heavy (non-hydrogen) atoms. The normalized spacial score (nSPS) is 12.8. The molecule has 3 N–H and O–H groups in total. The molecule has 0 aliphatic rings. The summed E-state index contributed by atoms with van der Waals surface area (Å²) in [7, 11) is 0. The highest BCUT2D eigenvalue weighted by Crippen LogP contribution is 2.17. The van der Waals surface area contributed by atoms with Crippen LogP contribution in [0.15, 0.2) is 24.3 Å². The van der Waals surface area contributed by atoms with Crippen molar-refractivity contribution in [1.82, 2.24) is 5.32 Å². The Morgan fingerprint density at radius 3 is 1.12 bits per heavy atom. The number of carbonyl (C=O) groups is 2. The summed E-state index contributed by atoms with van der Waals surface area (Å²) in [6, 6.07) is -0.633. The SMILES string of the molecule is CCCCCC/C=C\CCCCCCCC(=O)OCCCCCCCCCCCCCCCCCCC(=O)NC(CO)C(O)/C=C/CCCCCCCCCCCCCCCCCC. The molecule has 0 spiro atoms. The van der Waals surface area contributed by atoms with Crippen LogP contribution in [-0.4, -0.2) is 47.4 Å². The summed E-state index contributed by atoms with van der Waals surface area (Å²) in [6.07, 6.45) is 64.7. The van der Waals surface area contributed by atoms with E-state index >= 15 is 0 Å². The molecule has 0 aromatic rings. The second-order valence-corrected chi connectivity index (χ2v) is 19.6. The molecule has 378 valence electrons. The van der Waals surface area contributed by atoms with Gasteiger partial charge in [-0.05, 0) is 57.8 Å². The van der Waals surface area contributed by atoms with Gasteiger partial charge in [-0.3, -0.25) is 9.59 Å². The number of rotatable bonds is 53. The number of nitrogens with one attached hydrogen (secondary N) is 1. The zero-order valence-corrected chi connectivity index (χ0v) is 43.0. The molecule has 0 aliphatic carbocycles. The monoisotopic (exact) mass is 902 g/mol. The van der Waals surface area contributed by atoms with E-state index in [-0.39, 0.29) is 18.5 Å². The number of amides is 1. The molecule has 2 atom stereocenters. The third-order valence-corrected chi connectivity index (χ3v) is 13.2. The molecule has 6 heteroatoms. The maximum Gasteiger partial charge on any atom is 0.305 e. The van der Waals surface area contributed by atoms with Crippen molar-refractivity contribution >= 4 is 11.9 Å². The first-order valence-corrected chi connectivity index (χ1v) is 28.6. The van der Waals surface area contributed by atoms with Crippen LogP contribution in [0.5, 0.6) is 0 Å². The van der Waals surface area contributed by atoms with E-state index in [9.17, 15) is 19.8 Å². The van der Waals surface area contributed by atoms with Crippen molar-refractivity contribution < 1.29 is 24.5 Å². The summed E-state index contributed by atoms with van der Waals surface area (Å²) < 4.78 is 5.46. The van der Waals surface area contributed by atoms with Crippen LogP contribution in [0.2, 0.25) is 0 Å². The minimum absolute atomic E-state index is 0.00689. The average Bonchev–Trinajstić information content (AvgIpc) is 3.29. The lowest BCUT2D eigenvalue weighted by Crippen LogP contribution is -2.45. The molecule has 6 nitrogen and oxygen atoms in total. The van der Waals surface area contributed by atoms with Gasteiger partial charge in [0.2, 0.25) is 5.91 Å². The minimum atomic E-state index is -0.849. The van der Waals surface area contributed by atoms with Crippen molar-refractivity contribution in [3.05, 3.63) is 24.3 Å². The number of aliphatic hydroxyl groups is 2. The Bertz CT molecular complexity index is 997. The van der Waals surface area contributed by atoms with Gasteiger partial charge in [0, 0.05) is 12.8 Å². The number of unbranched alkanes of at least 4 members (excludes halogenated alkanes) is 40. The molecule has 0 aromatic heterocycles. The topological polar surface area (TPSA) is 95.9 Å². The van der Waals surface area contributed by atoms with E-state index in [2.05, 4.69) is 31.3 Å². The van der Waals surface area contributed by atoms with E-state index in [1.807, 2.05) is 6.08 Å². The Balaban J connectivity index is 3.46. The van der Waals surface area contributed by atoms with Crippen LogP contribution in [0.1, 0.15) is 309 Å². The molecule has 0 aromatic carbocycles. The number of hydrogen-bond donors (Lipinski definition) is 3. The van der Waals surface area contributed by atoms with E-state index in [0.717, 1.165) is 44.9 Å². The molecule has 2 unspecified atom stereocenters. The first kappa shape index (κ1) is 62.3. The molecule has 1 amide bonds. The van der Waals surface area contributed by atoms with Gasteiger partial charge < -0.3 is 20.3 Å². The zero-order valence-electron chi connectivity index (χ0n) is 43.0. The highest BCUT2D eigenvalue weighted by Gasteiger charge is 2.18. The van der Waals surface area contributed by atoms with Crippen LogP contribution < -0.4 is 5.32 Å². The van der Waals surface area contributed by atoms with Gasteiger partial charge in [-0.1, -0.05) is 263 Å². The molecular weight excluding hydrogens is 791 g/mol. The molecule has 0 aliphatic heterocycles. The zero-order chi connectivity index (χ0) is 46.5. The van der Waals surface area contributed by atoms with Gasteiger partial charge >= 0.3 is 5.97 Å². The first-order chi connectivity index (χ1) is 31.5. The van der Waals surface area contributed by atoms with E-state index in [1.165, 1.54) is 238 Å². The summed E-state index contributed by atoms with van der Waals surface area (Å²) >= 11 is 0. The number of esters is 1. The minimum Gasteiger partial charge on any atom is -0.466 e. The largest absolute Gasteiger partial charge is 0.466 e. The number of allylic oxidation sites excluding steroid dienone is 3. The second kappa shape index (κ2) is 54.0. The molecular formula is C58H111NO5. The van der Waals surface area contributed by atoms with Crippen LogP contribution in [-0.2, 0) is 14.3 Å². The van der Waals surface area contributed by atoms with Crippen LogP contribution in [0.25, 0.3) is 0 Å². The van der Waals surface area contributed by atoms with Gasteiger partial charge in [0.05, 0.1) is 25.4 Å². The van der Waals surface area contributed by atoms with E-state index < -0.39 is 12.1 Å². The predicted molar refractivity (Wildman–Crippen MR) is 278 cm³/mol. The van der Waals surface area contributed by atoms with E-state index in [4.69, 9.17) is 4.74 Å². The highest BCUT2D eigenvalue weighted by molar-refractivity contribution is 5.76. The third kappa shape index (κ3) is 49.8. The van der Waals surface area contributed by atoms with Gasteiger partial charge in [0.15, 0.2) is 0 Å². The average molecular weight is 903 g/mol. The van der Waals surface area contributed by atoms with Crippen LogP contribution in [0.4, 0.5) is 0 Å². The maximum absolute atomic E-state index is 12.5. The molecule has 0 saturated heterocycles. The summed E-state index contributed by atoms with van der Waals surface area (Å²) in [4.78, 5) is 24.5. The number of carbonyl (C=O) groups excluding carboxylic acids is 2. The van der Waals surface area contributed by atoms with Crippen molar-refractivity contribution in [3.63, 3.8) is 0 Å². The third-order valence-electron chi connectivity index (χ3n) is 13.2. The van der Waals surface area contributed by atoms with Gasteiger partial charge in [-0.25, -0.2) is 0 Å². The predicted octanol–water partition coefficient (Wildman–Crippen LogP) is 17.5. The quantitative estimate of drug-likeness (QED) is 0.0321. The van der Waals surface area contributed by atoms with Crippen LogP contribution >= 0.6 is 0 Å². The Hall–Kier alpha value is -1.66. The van der Waals surface area contributed by atoms with E-state index in [1.54, 1.807) is 6.08 Å². The Labute approximate surface area is 399 Å². The van der Waals surface area contributed by atoms with Gasteiger partial charge in [-0.2, -0.15) is 0 Å². The molecule has 0 fully saturated rings. The fraction of sp³-hybridized carbons (Fsp3) is 0.897. The lowest BCUT2D eigenvalue weighted by molar-refractivity contribution is -0.143. The van der Waals surface area contributed by atoms with Crippen molar-refractivity contribution in [2.45, 2.75) is 321 Å². The summed E-state index contributed by atoms with van der Waals surface area (Å²) in [5.74, 6) is -0.0800. The smallest absolute Gasteiger partial charge is 0.305 e. The fourth-order valence-electron chi connectivity index (χ4n) is 8.81. The number of aliphatic hydroxyl groups excluding tert-OH is 2. The Kier molecular flexibility index (Phi) is 52.6. The Morgan fingerprint density at radius 1 is 0.422 bits per heavy atom. The van der Waals surface area contributed by atoms with Crippen molar-refractivity contribution in [1.29, 1.82) is 0 Å². The molecule has 0 bridgehead atoms. The first-order valence-electron chi connectivity index (χ1n) is 28.6. The summed E-state index contributed by atoms with van der Waals surface area (Å²) in [6.45, 7) is 4.88. The van der Waals surface area contributed by atoms with Crippen LogP contribution in [0.3, 0.4) is 0 Å². The van der Waals surface area contributed by atoms with Gasteiger partial charge in [-0.15, -0.1) is 0 Å². The highest BCUT2D eigenvalue weighted by atomic mass is 16.5. The number of hydrogen-bond acceptors (Lipinski definition) is 5. The summed E-state index contributed by atoms with van der Waals surface area (Å²) in [5, 5.41) is 23.1. The summed E-state index contributed by atoms with van der Waals surface area (Å²) in [5.41, 5.74) is 0. The molecule has 0 rings (SSSR count). The van der Waals surface area contributed by atoms with Crippen molar-refractivity contribution in [2.75, 3.05) is 13.2 Å². The van der Waals surface area contributed by atoms with E-state index in [0.29, 0.717) is 19.4 Å². The van der Waals surface area contributed by atoms with Gasteiger partial charge in [0.1, 0.15) is 0 Å².